The molecule has 29 heavy (non-hydrogen) atoms. The Balaban J connectivity index is 1.70. The molecule has 1 heterocycles. The molecule has 4 rings (SSSR count). The van der Waals surface area contributed by atoms with E-state index in [4.69, 9.17) is 4.74 Å². The fraction of sp³-hybridized carbons (Fsp3) is 0.0833. The lowest BCUT2D eigenvalue weighted by Gasteiger charge is -2.18. The molecule has 0 radical (unpaired) electrons. The van der Waals surface area contributed by atoms with Crippen LogP contribution in [0.2, 0.25) is 0 Å². The lowest BCUT2D eigenvalue weighted by Crippen LogP contribution is -2.32. The number of amidine groups is 1. The van der Waals surface area contributed by atoms with Crippen LogP contribution in [0.5, 0.6) is 5.75 Å². The lowest BCUT2D eigenvalue weighted by molar-refractivity contribution is -0.123. The van der Waals surface area contributed by atoms with Gasteiger partial charge in [-0.25, -0.2) is 9.38 Å². The number of carbonyl (C=O) groups is 1. The number of ether oxygens (including phenoxy) is 1. The number of carbonyl (C=O) groups excluding carboxylic acids is 1. The first kappa shape index (κ1) is 18.6. The molecular formula is C24H19FN2O2. The molecule has 0 bridgehead atoms. The zero-order chi connectivity index (χ0) is 20.2. The number of rotatable bonds is 5. The van der Waals surface area contributed by atoms with E-state index in [-0.39, 0.29) is 11.7 Å². The first-order valence-corrected chi connectivity index (χ1v) is 9.20. The maximum absolute atomic E-state index is 13.3. The number of methoxy groups -OCH3 is 1. The summed E-state index contributed by atoms with van der Waals surface area (Å²) in [4.78, 5) is 19.4. The highest BCUT2D eigenvalue weighted by Crippen LogP contribution is 2.24. The number of hydrogen-bond donors (Lipinski definition) is 0. The summed E-state index contributed by atoms with van der Waals surface area (Å²) in [5.74, 6) is 0.832. The molecule has 1 amide bonds. The third-order valence-corrected chi connectivity index (χ3v) is 4.65. The van der Waals surface area contributed by atoms with Gasteiger partial charge in [-0.2, -0.15) is 0 Å². The molecule has 0 unspecified atom stereocenters. The lowest BCUT2D eigenvalue weighted by atomic mass is 10.1. The van der Waals surface area contributed by atoms with E-state index < -0.39 is 0 Å². The number of nitrogens with zero attached hydrogens (tertiary/aromatic N) is 2. The molecule has 5 heteroatoms. The van der Waals surface area contributed by atoms with Gasteiger partial charge in [0.05, 0.1) is 13.7 Å². The minimum Gasteiger partial charge on any atom is -0.497 e. The monoisotopic (exact) mass is 386 g/mol. The topological polar surface area (TPSA) is 41.9 Å². The van der Waals surface area contributed by atoms with E-state index in [1.165, 1.54) is 12.1 Å². The minimum absolute atomic E-state index is 0.191. The smallest absolute Gasteiger partial charge is 0.278 e. The average molecular weight is 386 g/mol. The Hall–Kier alpha value is -3.73. The van der Waals surface area contributed by atoms with E-state index in [1.54, 1.807) is 30.2 Å². The van der Waals surface area contributed by atoms with E-state index in [9.17, 15) is 9.18 Å². The van der Waals surface area contributed by atoms with Gasteiger partial charge < -0.3 is 4.74 Å². The third kappa shape index (κ3) is 4.09. The maximum atomic E-state index is 13.3. The summed E-state index contributed by atoms with van der Waals surface area (Å²) in [6.07, 6.45) is 1.76. The summed E-state index contributed by atoms with van der Waals surface area (Å²) in [7, 11) is 1.61. The zero-order valence-electron chi connectivity index (χ0n) is 15.9. The molecular weight excluding hydrogens is 367 g/mol. The first-order chi connectivity index (χ1) is 14.1. The van der Waals surface area contributed by atoms with Crippen LogP contribution in [-0.2, 0) is 11.3 Å². The van der Waals surface area contributed by atoms with Crippen molar-refractivity contribution in [1.29, 1.82) is 0 Å². The van der Waals surface area contributed by atoms with Crippen molar-refractivity contribution >= 4 is 17.8 Å². The molecule has 0 saturated carbocycles. The van der Waals surface area contributed by atoms with Gasteiger partial charge in [-0.05, 0) is 41.5 Å². The Bertz CT molecular complexity index is 1070. The van der Waals surface area contributed by atoms with Crippen molar-refractivity contribution in [2.24, 2.45) is 4.99 Å². The average Bonchev–Trinajstić information content (AvgIpc) is 3.06. The molecule has 4 nitrogen and oxygen atoms in total. The number of benzene rings is 3. The normalized spacial score (nSPS) is 15.0. The van der Waals surface area contributed by atoms with Crippen LogP contribution in [0.3, 0.4) is 0 Å². The quantitative estimate of drug-likeness (QED) is 0.598. The van der Waals surface area contributed by atoms with E-state index in [0.717, 1.165) is 22.4 Å². The molecule has 0 aliphatic carbocycles. The second-order valence-electron chi connectivity index (χ2n) is 6.62. The van der Waals surface area contributed by atoms with Gasteiger partial charge in [0.2, 0.25) is 0 Å². The largest absolute Gasteiger partial charge is 0.497 e. The van der Waals surface area contributed by atoms with Crippen LogP contribution >= 0.6 is 0 Å². The Morgan fingerprint density at radius 2 is 1.66 bits per heavy atom. The molecule has 0 saturated heterocycles. The fourth-order valence-electron chi connectivity index (χ4n) is 3.14. The van der Waals surface area contributed by atoms with Crippen molar-refractivity contribution in [1.82, 2.24) is 4.90 Å². The molecule has 0 atom stereocenters. The van der Waals surface area contributed by atoms with Crippen LogP contribution in [-0.4, -0.2) is 23.8 Å². The van der Waals surface area contributed by atoms with Gasteiger partial charge >= 0.3 is 0 Å². The predicted molar refractivity (Wildman–Crippen MR) is 111 cm³/mol. The number of aliphatic imine (C=N–C) groups is 1. The van der Waals surface area contributed by atoms with E-state index in [1.807, 2.05) is 54.6 Å². The van der Waals surface area contributed by atoms with Crippen molar-refractivity contribution in [3.63, 3.8) is 0 Å². The fourth-order valence-corrected chi connectivity index (χ4v) is 3.14. The molecule has 0 spiro atoms. The Morgan fingerprint density at radius 1 is 0.966 bits per heavy atom. The molecule has 3 aromatic carbocycles. The van der Waals surface area contributed by atoms with Gasteiger partial charge in [-0.15, -0.1) is 0 Å². The highest BCUT2D eigenvalue weighted by molar-refractivity contribution is 6.19. The van der Waals surface area contributed by atoms with Crippen molar-refractivity contribution in [3.8, 4) is 5.75 Å². The van der Waals surface area contributed by atoms with Crippen LogP contribution in [0.4, 0.5) is 4.39 Å². The van der Waals surface area contributed by atoms with Gasteiger partial charge in [0, 0.05) is 5.56 Å². The number of hydrogen-bond acceptors (Lipinski definition) is 3. The van der Waals surface area contributed by atoms with Crippen molar-refractivity contribution in [3.05, 3.63) is 107 Å². The molecule has 3 aromatic rings. The number of halogens is 1. The van der Waals surface area contributed by atoms with Crippen LogP contribution < -0.4 is 4.74 Å². The summed E-state index contributed by atoms with van der Waals surface area (Å²) in [5, 5.41) is 0. The predicted octanol–water partition coefficient (Wildman–Crippen LogP) is 4.66. The highest BCUT2D eigenvalue weighted by Gasteiger charge is 2.31. The third-order valence-electron chi connectivity index (χ3n) is 4.65. The highest BCUT2D eigenvalue weighted by atomic mass is 19.1. The molecule has 1 aliphatic heterocycles. The second-order valence-corrected chi connectivity index (χ2v) is 6.62. The summed E-state index contributed by atoms with van der Waals surface area (Å²) in [6, 6.07) is 23.1. The van der Waals surface area contributed by atoms with E-state index in [0.29, 0.717) is 18.1 Å². The van der Waals surface area contributed by atoms with Crippen LogP contribution in [0.25, 0.3) is 6.08 Å². The van der Waals surface area contributed by atoms with Crippen LogP contribution in [0, 0.1) is 5.82 Å². The molecule has 144 valence electrons. The zero-order valence-corrected chi connectivity index (χ0v) is 15.9. The molecule has 1 aliphatic rings. The van der Waals surface area contributed by atoms with Gasteiger partial charge in [0.15, 0.2) is 0 Å². The van der Waals surface area contributed by atoms with Gasteiger partial charge in [0.1, 0.15) is 23.1 Å². The minimum atomic E-state index is -0.307. The van der Waals surface area contributed by atoms with Gasteiger partial charge in [-0.1, -0.05) is 54.6 Å². The summed E-state index contributed by atoms with van der Waals surface area (Å²) in [6.45, 7) is 0.312. The first-order valence-electron chi connectivity index (χ1n) is 9.20. The summed E-state index contributed by atoms with van der Waals surface area (Å²) in [5.41, 5.74) is 2.89. The molecule has 0 aromatic heterocycles. The standard InChI is InChI=1S/C24H19FN2O2/c1-29-21-13-9-17(10-14-21)15-22-24(28)27(16-18-7-11-20(25)12-8-18)23(26-22)19-5-3-2-4-6-19/h2-15H,16H2,1H3/b22-15-. The Labute approximate surface area is 168 Å². The summed E-state index contributed by atoms with van der Waals surface area (Å²) >= 11 is 0. The Kier molecular flexibility index (Phi) is 5.20. The van der Waals surface area contributed by atoms with Crippen LogP contribution in [0.1, 0.15) is 16.7 Å². The van der Waals surface area contributed by atoms with Gasteiger partial charge in [-0.3, -0.25) is 9.69 Å². The Morgan fingerprint density at radius 3 is 2.31 bits per heavy atom. The maximum Gasteiger partial charge on any atom is 0.278 e. The van der Waals surface area contributed by atoms with Crippen molar-refractivity contribution in [2.45, 2.75) is 6.54 Å². The second kappa shape index (κ2) is 8.10. The van der Waals surface area contributed by atoms with Gasteiger partial charge in [0.25, 0.3) is 5.91 Å². The SMILES string of the molecule is COc1ccc(/C=C2\N=C(c3ccccc3)N(Cc3ccc(F)cc3)C2=O)cc1. The van der Waals surface area contributed by atoms with Crippen molar-refractivity contribution < 1.29 is 13.9 Å². The van der Waals surface area contributed by atoms with E-state index in [2.05, 4.69) is 4.99 Å². The summed E-state index contributed by atoms with van der Waals surface area (Å²) < 4.78 is 18.4. The number of amides is 1. The van der Waals surface area contributed by atoms with Crippen molar-refractivity contribution in [2.75, 3.05) is 7.11 Å². The van der Waals surface area contributed by atoms with E-state index >= 15 is 0 Å². The van der Waals surface area contributed by atoms with Crippen LogP contribution in [0.15, 0.2) is 89.6 Å². The molecule has 0 N–H and O–H groups in total. The molecule has 0 fully saturated rings.